The molecule has 0 unspecified atom stereocenters. The summed E-state index contributed by atoms with van der Waals surface area (Å²) < 4.78 is 46.2. The third-order valence-electron chi connectivity index (χ3n) is 4.60. The molecule has 0 amide bonds. The molecule has 0 spiro atoms. The minimum Gasteiger partial charge on any atom is -0.461 e. The van der Waals surface area contributed by atoms with Crippen LogP contribution in [0.3, 0.4) is 0 Å². The third-order valence-corrected chi connectivity index (χ3v) is 4.60. The van der Waals surface area contributed by atoms with E-state index in [4.69, 9.17) is 4.74 Å². The van der Waals surface area contributed by atoms with E-state index in [1.807, 2.05) is 0 Å². The van der Waals surface area contributed by atoms with Crippen LogP contribution < -0.4 is 0 Å². The van der Waals surface area contributed by atoms with Gasteiger partial charge in [-0.25, -0.2) is 4.79 Å². The van der Waals surface area contributed by atoms with Gasteiger partial charge in [0.2, 0.25) is 0 Å². The molecule has 2 rings (SSSR count). The lowest BCUT2D eigenvalue weighted by atomic mass is 10.1. The Balaban J connectivity index is 2.54. The van der Waals surface area contributed by atoms with Gasteiger partial charge in [0.15, 0.2) is 6.29 Å². The summed E-state index contributed by atoms with van der Waals surface area (Å²) in [6, 6.07) is 6.95. The number of carbonyl (C=O) groups is 2. The number of allylic oxidation sites excluding steroid dienone is 5. The van der Waals surface area contributed by atoms with Crippen molar-refractivity contribution < 1.29 is 27.5 Å². The molecule has 0 aliphatic heterocycles. The summed E-state index contributed by atoms with van der Waals surface area (Å²) in [7, 11) is 0. The van der Waals surface area contributed by atoms with Crippen LogP contribution >= 0.6 is 0 Å². The maximum atomic E-state index is 13.2. The Hall–Kier alpha value is -3.09. The van der Waals surface area contributed by atoms with Crippen LogP contribution in [0.1, 0.15) is 47.5 Å². The van der Waals surface area contributed by atoms with E-state index in [2.05, 4.69) is 6.58 Å². The maximum absolute atomic E-state index is 13.2. The second-order valence-corrected chi connectivity index (χ2v) is 6.53. The van der Waals surface area contributed by atoms with Gasteiger partial charge in [0.05, 0.1) is 12.2 Å². The van der Waals surface area contributed by atoms with Crippen LogP contribution in [0.25, 0.3) is 10.9 Å². The van der Waals surface area contributed by atoms with Crippen LogP contribution in [0.15, 0.2) is 60.2 Å². The van der Waals surface area contributed by atoms with Crippen molar-refractivity contribution in [2.45, 2.75) is 39.4 Å². The van der Waals surface area contributed by atoms with Crippen molar-refractivity contribution in [3.05, 3.63) is 71.5 Å². The number of aromatic nitrogens is 1. The molecule has 0 radical (unpaired) electrons. The van der Waals surface area contributed by atoms with E-state index in [0.717, 1.165) is 6.08 Å². The topological polar surface area (TPSA) is 48.3 Å². The largest absolute Gasteiger partial charge is 0.461 e. The highest BCUT2D eigenvalue weighted by molar-refractivity contribution is 6.08. The third kappa shape index (κ3) is 5.09. The van der Waals surface area contributed by atoms with E-state index in [9.17, 15) is 22.8 Å². The molecule has 0 aliphatic carbocycles. The number of nitrogens with zero attached hydrogens (tertiary/aromatic N) is 1. The van der Waals surface area contributed by atoms with Crippen molar-refractivity contribution in [2.24, 2.45) is 0 Å². The number of fused-ring (bicyclic) bond motifs is 1. The molecule has 1 aromatic heterocycles. The lowest BCUT2D eigenvalue weighted by Crippen LogP contribution is -2.15. The Bertz CT molecular complexity index is 997. The summed E-state index contributed by atoms with van der Waals surface area (Å²) in [6.07, 6.45) is 0.165. The van der Waals surface area contributed by atoms with Crippen molar-refractivity contribution in [3.63, 3.8) is 0 Å². The monoisotopic (exact) mass is 419 g/mol. The molecule has 0 saturated heterocycles. The predicted octanol–water partition coefficient (Wildman–Crippen LogP) is 6.03. The molecular formula is C23H24F3NO3. The average molecular weight is 419 g/mol. The van der Waals surface area contributed by atoms with Crippen LogP contribution in [0, 0.1) is 0 Å². The predicted molar refractivity (Wildman–Crippen MR) is 111 cm³/mol. The Labute approximate surface area is 173 Å². The van der Waals surface area contributed by atoms with Crippen molar-refractivity contribution in [1.29, 1.82) is 0 Å². The summed E-state index contributed by atoms with van der Waals surface area (Å²) in [5.74, 6) is -0.666. The zero-order valence-corrected chi connectivity index (χ0v) is 17.0. The number of carbonyl (C=O) groups excluding carboxylic acids is 2. The van der Waals surface area contributed by atoms with E-state index < -0.39 is 17.7 Å². The molecule has 1 heterocycles. The Morgan fingerprint density at radius 2 is 1.90 bits per heavy atom. The zero-order valence-electron chi connectivity index (χ0n) is 17.0. The first-order valence-electron chi connectivity index (χ1n) is 9.59. The van der Waals surface area contributed by atoms with Crippen molar-refractivity contribution in [1.82, 2.24) is 4.57 Å². The minimum atomic E-state index is -4.42. The van der Waals surface area contributed by atoms with Crippen LogP contribution in [-0.2, 0) is 11.3 Å². The second kappa shape index (κ2) is 10.1. The highest BCUT2D eigenvalue weighted by Gasteiger charge is 2.32. The van der Waals surface area contributed by atoms with Crippen LogP contribution in [0.5, 0.6) is 0 Å². The number of ether oxygens (including phenoxy) is 1. The van der Waals surface area contributed by atoms with Gasteiger partial charge in [0.1, 0.15) is 5.69 Å². The normalized spacial score (nSPS) is 12.8. The molecule has 30 heavy (non-hydrogen) atoms. The number of esters is 1. The van der Waals surface area contributed by atoms with Gasteiger partial charge in [0.25, 0.3) is 0 Å². The summed E-state index contributed by atoms with van der Waals surface area (Å²) in [5, 5.41) is 0.570. The molecule has 0 fully saturated rings. The fourth-order valence-electron chi connectivity index (χ4n) is 3.23. The molecule has 2 aromatic rings. The van der Waals surface area contributed by atoms with E-state index >= 15 is 0 Å². The maximum Gasteiger partial charge on any atom is 0.412 e. The first-order valence-corrected chi connectivity index (χ1v) is 9.59. The van der Waals surface area contributed by atoms with Gasteiger partial charge < -0.3 is 9.30 Å². The van der Waals surface area contributed by atoms with Gasteiger partial charge in [-0.2, -0.15) is 13.2 Å². The molecule has 160 valence electrons. The van der Waals surface area contributed by atoms with Gasteiger partial charge in [-0.3, -0.25) is 4.79 Å². The zero-order chi connectivity index (χ0) is 22.3. The summed E-state index contributed by atoms with van der Waals surface area (Å²) >= 11 is 0. The Morgan fingerprint density at radius 3 is 2.47 bits per heavy atom. The number of alkyl halides is 3. The summed E-state index contributed by atoms with van der Waals surface area (Å²) in [5.41, 5.74) is 0.719. The lowest BCUT2D eigenvalue weighted by Gasteiger charge is -2.13. The van der Waals surface area contributed by atoms with Crippen molar-refractivity contribution in [2.75, 3.05) is 6.61 Å². The molecule has 0 aliphatic rings. The van der Waals surface area contributed by atoms with Crippen LogP contribution in [-0.4, -0.2) is 29.6 Å². The molecule has 4 nitrogen and oxygen atoms in total. The van der Waals surface area contributed by atoms with Crippen molar-refractivity contribution >= 4 is 23.2 Å². The number of aldehydes is 1. The molecule has 7 heteroatoms. The Kier molecular flexibility index (Phi) is 7.80. The number of rotatable bonds is 9. The first kappa shape index (κ1) is 23.2. The van der Waals surface area contributed by atoms with Gasteiger partial charge in [-0.05, 0) is 31.4 Å². The second-order valence-electron chi connectivity index (χ2n) is 6.53. The van der Waals surface area contributed by atoms with Gasteiger partial charge >= 0.3 is 12.1 Å². The lowest BCUT2D eigenvalue weighted by molar-refractivity contribution is -0.0931. The van der Waals surface area contributed by atoms with Gasteiger partial charge in [0, 0.05) is 23.0 Å². The van der Waals surface area contributed by atoms with Gasteiger partial charge in [-0.15, -0.1) is 0 Å². The highest BCUT2D eigenvalue weighted by Crippen LogP contribution is 2.30. The number of hydrogen-bond acceptors (Lipinski definition) is 3. The smallest absolute Gasteiger partial charge is 0.412 e. The molecule has 1 aromatic carbocycles. The quantitative estimate of drug-likeness (QED) is 0.216. The molecule has 0 bridgehead atoms. The highest BCUT2D eigenvalue weighted by atomic mass is 19.4. The van der Waals surface area contributed by atoms with Gasteiger partial charge in [-0.1, -0.05) is 49.9 Å². The van der Waals surface area contributed by atoms with E-state index in [-0.39, 0.29) is 37.3 Å². The van der Waals surface area contributed by atoms with E-state index in [1.54, 1.807) is 42.7 Å². The fourth-order valence-corrected chi connectivity index (χ4v) is 3.23. The average Bonchev–Trinajstić information content (AvgIpc) is 3.02. The molecular weight excluding hydrogens is 395 g/mol. The summed E-state index contributed by atoms with van der Waals surface area (Å²) in [4.78, 5) is 24.3. The number of para-hydroxylation sites is 1. The van der Waals surface area contributed by atoms with Crippen LogP contribution in [0.4, 0.5) is 13.2 Å². The Morgan fingerprint density at radius 1 is 1.20 bits per heavy atom. The number of benzene rings is 1. The van der Waals surface area contributed by atoms with E-state index in [1.165, 1.54) is 12.2 Å². The fraction of sp³-hybridized carbons (Fsp3) is 0.304. The van der Waals surface area contributed by atoms with Crippen molar-refractivity contribution in [3.8, 4) is 0 Å². The van der Waals surface area contributed by atoms with Crippen LogP contribution in [0.2, 0.25) is 0 Å². The summed E-state index contributed by atoms with van der Waals surface area (Å²) in [6.45, 7) is 7.18. The van der Waals surface area contributed by atoms with E-state index in [0.29, 0.717) is 22.8 Å². The molecule has 0 saturated carbocycles. The standard InChI is InChI=1S/C23H24F3NO3/c1-4-9-17(23(24,25)26)13-12-16(5-2)14-27-20-11-8-7-10-18(20)19(15-28)21(27)22(29)30-6-3/h5,7-12,15H,2,4,6,13-14H2,1,3H3/b16-12+,17-9+. The SMILES string of the molecule is C=C/C(=C\C/C(=C\CC)C(F)(F)F)Cn1c(C(=O)OCC)c(C=O)c2ccccc21. The molecule has 0 atom stereocenters. The number of halogens is 3. The number of hydrogen-bond donors (Lipinski definition) is 0. The first-order chi connectivity index (χ1) is 14.3. The molecule has 0 N–H and O–H groups in total. The minimum absolute atomic E-state index is 0.0703.